The lowest BCUT2D eigenvalue weighted by atomic mass is 10.3. The van der Waals surface area contributed by atoms with Crippen LogP contribution >= 0.6 is 69.6 Å². The highest BCUT2D eigenvalue weighted by molar-refractivity contribution is 14.1. The molecular weight excluding hydrogens is 427 g/mol. The summed E-state index contributed by atoms with van der Waals surface area (Å²) in [5, 5.41) is 1.01. The van der Waals surface area contributed by atoms with Gasteiger partial charge in [0.25, 0.3) is 0 Å². The summed E-state index contributed by atoms with van der Waals surface area (Å²) in [6.45, 7) is 0.807. The second kappa shape index (κ2) is 6.31. The molecule has 0 amide bonds. The van der Waals surface area contributed by atoms with Crippen molar-refractivity contribution in [3.63, 3.8) is 0 Å². The zero-order valence-corrected chi connectivity index (χ0v) is 14.3. The average Bonchev–Trinajstić information content (AvgIpc) is 2.66. The van der Waals surface area contributed by atoms with E-state index in [9.17, 15) is 0 Å². The molecule has 1 aliphatic rings. The Hall–Kier alpha value is 0.510. The van der Waals surface area contributed by atoms with Crippen LogP contribution in [-0.2, 0) is 0 Å². The van der Waals surface area contributed by atoms with E-state index in [1.165, 1.54) is 0 Å². The molecule has 1 saturated heterocycles. The van der Waals surface area contributed by atoms with Gasteiger partial charge in [0.1, 0.15) is 15.9 Å². The van der Waals surface area contributed by atoms with Crippen LogP contribution in [0.4, 0.5) is 0 Å². The van der Waals surface area contributed by atoms with Gasteiger partial charge in [-0.25, -0.2) is 0 Å². The lowest BCUT2D eigenvalue weighted by molar-refractivity contribution is 0.208. The molecule has 2 nitrogen and oxygen atoms in total. The molecule has 1 aromatic carbocycles. The van der Waals surface area contributed by atoms with Crippen LogP contribution in [0, 0.1) is 0 Å². The number of alkyl halides is 1. The second-order valence-electron chi connectivity index (χ2n) is 3.84. The van der Waals surface area contributed by atoms with Gasteiger partial charge in [0, 0.05) is 19.0 Å². The maximum atomic E-state index is 5.95. The summed E-state index contributed by atoms with van der Waals surface area (Å²) >= 11 is 24.9. The molecule has 1 aliphatic heterocycles. The minimum Gasteiger partial charge on any atom is -0.487 e. The summed E-state index contributed by atoms with van der Waals surface area (Å²) in [6.07, 6.45) is 0.917. The quantitative estimate of drug-likeness (QED) is 0.219. The van der Waals surface area contributed by atoms with Gasteiger partial charge in [0.2, 0.25) is 0 Å². The number of thiocarbonyl (C=S) groups is 1. The second-order valence-corrected chi connectivity index (χ2v) is 6.90. The maximum absolute atomic E-state index is 5.95. The fraction of sp³-hybridized carbons (Fsp3) is 0.364. The van der Waals surface area contributed by atoms with Gasteiger partial charge in [-0.05, 0) is 24.4 Å². The lowest BCUT2D eigenvalue weighted by Gasteiger charge is -2.23. The number of benzene rings is 1. The van der Waals surface area contributed by atoms with Crippen molar-refractivity contribution in [3.05, 3.63) is 28.2 Å². The molecule has 2 unspecified atom stereocenters. The Morgan fingerprint density at radius 1 is 1.39 bits per heavy atom. The van der Waals surface area contributed by atoms with Gasteiger partial charge in [0.05, 0.1) is 10.0 Å². The van der Waals surface area contributed by atoms with Crippen molar-refractivity contribution in [2.45, 2.75) is 16.6 Å². The number of ether oxygens (including phenoxy) is 1. The van der Waals surface area contributed by atoms with E-state index in [4.69, 9.17) is 51.8 Å². The normalized spacial score (nSPS) is 23.2. The lowest BCUT2D eigenvalue weighted by Crippen LogP contribution is -2.33. The highest BCUT2D eigenvalue weighted by Gasteiger charge is 2.34. The van der Waals surface area contributed by atoms with E-state index in [0.29, 0.717) is 20.2 Å². The fourth-order valence-electron chi connectivity index (χ4n) is 1.75. The topological polar surface area (TPSA) is 12.5 Å². The Kier molecular flexibility index (Phi) is 5.22. The Morgan fingerprint density at radius 2 is 2.11 bits per heavy atom. The first-order chi connectivity index (χ1) is 8.49. The van der Waals surface area contributed by atoms with E-state index < -0.39 is 0 Å². The zero-order valence-electron chi connectivity index (χ0n) is 9.08. The van der Waals surface area contributed by atoms with E-state index in [-0.39, 0.29) is 10.2 Å². The number of hydrogen-bond donors (Lipinski definition) is 0. The van der Waals surface area contributed by atoms with E-state index in [1.54, 1.807) is 18.2 Å². The Bertz CT molecular complexity index is 474. The first-order valence-corrected chi connectivity index (χ1v) is 7.99. The predicted molar refractivity (Wildman–Crippen MR) is 88.5 cm³/mol. The van der Waals surface area contributed by atoms with E-state index in [2.05, 4.69) is 22.6 Å². The molecule has 98 valence electrons. The van der Waals surface area contributed by atoms with Crippen LogP contribution in [0.1, 0.15) is 6.42 Å². The third-order valence-corrected chi connectivity index (χ3v) is 5.33. The molecular formula is C11H9Cl3INOS. The molecule has 2 rings (SSSR count). The summed E-state index contributed by atoms with van der Waals surface area (Å²) in [5.74, 6) is 0.707. The number of halogens is 4. The smallest absolute Gasteiger partial charge is 0.170 e. The summed E-state index contributed by atoms with van der Waals surface area (Å²) < 4.78 is 6.40. The maximum Gasteiger partial charge on any atom is 0.170 e. The Morgan fingerprint density at radius 3 is 2.67 bits per heavy atom. The molecule has 2 atom stereocenters. The molecule has 7 heteroatoms. The highest BCUT2D eigenvalue weighted by atomic mass is 127. The fourth-order valence-corrected chi connectivity index (χ4v) is 3.85. The predicted octanol–water partition coefficient (Wildman–Crippen LogP) is 4.73. The molecule has 1 aromatic rings. The summed E-state index contributed by atoms with van der Waals surface area (Å²) in [4.78, 5) is 1.94. The minimum atomic E-state index is 0.0412. The minimum absolute atomic E-state index is 0.0412. The van der Waals surface area contributed by atoms with Crippen molar-refractivity contribution in [2.24, 2.45) is 0 Å². The standard InChI is InChI=1S/C11H9Cl3INOS/c12-7-2-1-6(5-8(7)13)17-9-3-4-16(10(9)15)11(14)18/h1-2,5,9-10H,3-4H2. The Balaban J connectivity index is 2.06. The van der Waals surface area contributed by atoms with Crippen LogP contribution in [-0.4, -0.2) is 26.0 Å². The monoisotopic (exact) mass is 435 g/mol. The van der Waals surface area contributed by atoms with Crippen LogP contribution in [0.3, 0.4) is 0 Å². The van der Waals surface area contributed by atoms with E-state index in [0.717, 1.165) is 13.0 Å². The third kappa shape index (κ3) is 3.33. The molecule has 0 aliphatic carbocycles. The van der Waals surface area contributed by atoms with Gasteiger partial charge in [-0.15, -0.1) is 0 Å². The molecule has 1 fully saturated rings. The van der Waals surface area contributed by atoms with Crippen molar-refractivity contribution in [1.82, 2.24) is 4.90 Å². The molecule has 1 heterocycles. The molecule has 0 saturated carbocycles. The van der Waals surface area contributed by atoms with Crippen LogP contribution in [0.2, 0.25) is 10.0 Å². The van der Waals surface area contributed by atoms with Crippen molar-refractivity contribution >= 4 is 74.1 Å². The Labute approximate surface area is 140 Å². The molecule has 0 radical (unpaired) electrons. The molecule has 0 aromatic heterocycles. The van der Waals surface area contributed by atoms with Crippen molar-refractivity contribution < 1.29 is 4.74 Å². The number of likely N-dealkylation sites (tertiary alicyclic amines) is 1. The highest BCUT2D eigenvalue weighted by Crippen LogP contribution is 2.31. The SMILES string of the molecule is S=C(Cl)N1CCC(Oc2ccc(Cl)c(Cl)c2)C1I. The first kappa shape index (κ1) is 14.9. The first-order valence-electron chi connectivity index (χ1n) is 5.21. The van der Waals surface area contributed by atoms with Gasteiger partial charge >= 0.3 is 0 Å². The molecule has 18 heavy (non-hydrogen) atoms. The molecule has 0 N–H and O–H groups in total. The number of hydrogen-bond acceptors (Lipinski definition) is 2. The number of nitrogens with zero attached hydrogens (tertiary/aromatic N) is 1. The molecule has 0 spiro atoms. The van der Waals surface area contributed by atoms with Gasteiger partial charge < -0.3 is 9.64 Å². The van der Waals surface area contributed by atoms with E-state index in [1.807, 2.05) is 4.90 Å². The van der Waals surface area contributed by atoms with Crippen molar-refractivity contribution in [3.8, 4) is 5.75 Å². The van der Waals surface area contributed by atoms with Crippen LogP contribution < -0.4 is 4.74 Å². The zero-order chi connectivity index (χ0) is 13.3. The van der Waals surface area contributed by atoms with Gasteiger partial charge in [-0.3, -0.25) is 0 Å². The summed E-state index contributed by atoms with van der Waals surface area (Å²) in [7, 11) is 0. The largest absolute Gasteiger partial charge is 0.487 e. The van der Waals surface area contributed by atoms with Crippen LogP contribution in [0.25, 0.3) is 0 Å². The van der Waals surface area contributed by atoms with Crippen molar-refractivity contribution in [2.75, 3.05) is 6.54 Å². The third-order valence-electron chi connectivity index (χ3n) is 2.66. The number of rotatable bonds is 2. The van der Waals surface area contributed by atoms with Crippen LogP contribution in [0.15, 0.2) is 18.2 Å². The van der Waals surface area contributed by atoms with Gasteiger partial charge in [-0.2, -0.15) is 0 Å². The van der Waals surface area contributed by atoms with Crippen LogP contribution in [0.5, 0.6) is 5.75 Å². The van der Waals surface area contributed by atoms with Gasteiger partial charge in [0.15, 0.2) is 4.45 Å². The molecule has 0 bridgehead atoms. The van der Waals surface area contributed by atoms with Crippen molar-refractivity contribution in [1.29, 1.82) is 0 Å². The average molecular weight is 437 g/mol. The summed E-state index contributed by atoms with van der Waals surface area (Å²) in [6, 6.07) is 5.24. The summed E-state index contributed by atoms with van der Waals surface area (Å²) in [5.41, 5.74) is 0. The van der Waals surface area contributed by atoms with E-state index >= 15 is 0 Å². The van der Waals surface area contributed by atoms with Gasteiger partial charge in [-0.1, -0.05) is 57.4 Å².